The highest BCUT2D eigenvalue weighted by atomic mass is 35.5. The molecule has 6 nitrogen and oxygen atoms in total. The molecule has 0 radical (unpaired) electrons. The second-order valence-corrected chi connectivity index (χ2v) is 5.99. The van der Waals surface area contributed by atoms with E-state index in [0.717, 1.165) is 16.9 Å². The number of nitrogens with one attached hydrogen (secondary N) is 1. The molecule has 2 heterocycles. The fourth-order valence-corrected chi connectivity index (χ4v) is 2.87. The van der Waals surface area contributed by atoms with Gasteiger partial charge in [0.25, 0.3) is 0 Å². The fraction of sp³-hybridized carbons (Fsp3) is 0.235. The molecule has 0 bridgehead atoms. The standard InChI is InChI=1S/C17H17ClN4O2/c1-10(16-11(2)21-24-12(16)3)17(23)20-15-7-8-19-22(15)14-6-4-5-13(18)9-14/h4-10H,1-3H3,(H,20,23). The summed E-state index contributed by atoms with van der Waals surface area (Å²) in [5.41, 5.74) is 2.30. The van der Waals surface area contributed by atoms with E-state index in [1.165, 1.54) is 0 Å². The van der Waals surface area contributed by atoms with Crippen molar-refractivity contribution in [1.29, 1.82) is 0 Å². The zero-order chi connectivity index (χ0) is 17.3. The summed E-state index contributed by atoms with van der Waals surface area (Å²) in [6, 6.07) is 9.00. The first-order valence-electron chi connectivity index (χ1n) is 7.51. The van der Waals surface area contributed by atoms with Gasteiger partial charge in [-0.1, -0.05) is 22.8 Å². The predicted molar refractivity (Wildman–Crippen MR) is 91.6 cm³/mol. The van der Waals surface area contributed by atoms with Crippen LogP contribution in [0.1, 0.15) is 29.9 Å². The van der Waals surface area contributed by atoms with Gasteiger partial charge in [0, 0.05) is 16.7 Å². The van der Waals surface area contributed by atoms with E-state index in [-0.39, 0.29) is 11.8 Å². The monoisotopic (exact) mass is 344 g/mol. The van der Waals surface area contributed by atoms with Gasteiger partial charge in [0.15, 0.2) is 0 Å². The summed E-state index contributed by atoms with van der Waals surface area (Å²) in [4.78, 5) is 12.6. The lowest BCUT2D eigenvalue weighted by atomic mass is 9.99. The highest BCUT2D eigenvalue weighted by molar-refractivity contribution is 6.30. The summed E-state index contributed by atoms with van der Waals surface area (Å²) in [5, 5.41) is 11.7. The number of carbonyl (C=O) groups is 1. The van der Waals surface area contributed by atoms with E-state index in [4.69, 9.17) is 16.1 Å². The number of hydrogen-bond donors (Lipinski definition) is 1. The van der Waals surface area contributed by atoms with Gasteiger partial charge in [0.05, 0.1) is 23.5 Å². The third-order valence-corrected chi connectivity index (χ3v) is 4.10. The quantitative estimate of drug-likeness (QED) is 0.779. The van der Waals surface area contributed by atoms with Gasteiger partial charge in [-0.05, 0) is 39.0 Å². The van der Waals surface area contributed by atoms with E-state index < -0.39 is 0 Å². The van der Waals surface area contributed by atoms with E-state index in [1.807, 2.05) is 26.0 Å². The number of aryl methyl sites for hydroxylation is 2. The van der Waals surface area contributed by atoms with Gasteiger partial charge >= 0.3 is 0 Å². The molecular weight excluding hydrogens is 328 g/mol. The summed E-state index contributed by atoms with van der Waals surface area (Å²) < 4.78 is 6.77. The summed E-state index contributed by atoms with van der Waals surface area (Å²) in [6.45, 7) is 5.45. The summed E-state index contributed by atoms with van der Waals surface area (Å²) in [6.07, 6.45) is 1.62. The van der Waals surface area contributed by atoms with Crippen molar-refractivity contribution < 1.29 is 9.32 Å². The Morgan fingerprint density at radius 2 is 2.12 bits per heavy atom. The smallest absolute Gasteiger partial charge is 0.232 e. The van der Waals surface area contributed by atoms with E-state index in [0.29, 0.717) is 16.6 Å². The van der Waals surface area contributed by atoms with Crippen molar-refractivity contribution in [3.8, 4) is 5.69 Å². The molecule has 0 saturated heterocycles. The molecule has 0 aliphatic heterocycles. The summed E-state index contributed by atoms with van der Waals surface area (Å²) >= 11 is 6.03. The highest BCUT2D eigenvalue weighted by Crippen LogP contribution is 2.25. The normalized spacial score (nSPS) is 12.2. The van der Waals surface area contributed by atoms with Gasteiger partial charge in [0.1, 0.15) is 11.6 Å². The van der Waals surface area contributed by atoms with Gasteiger partial charge < -0.3 is 9.84 Å². The molecule has 1 N–H and O–H groups in total. The average molecular weight is 345 g/mol. The first-order valence-corrected chi connectivity index (χ1v) is 7.88. The lowest BCUT2D eigenvalue weighted by Crippen LogP contribution is -2.21. The van der Waals surface area contributed by atoms with Crippen molar-refractivity contribution >= 4 is 23.3 Å². The number of anilines is 1. The minimum atomic E-state index is -0.390. The van der Waals surface area contributed by atoms with Gasteiger partial charge in [-0.2, -0.15) is 5.10 Å². The number of amides is 1. The van der Waals surface area contributed by atoms with Crippen molar-refractivity contribution in [3.63, 3.8) is 0 Å². The number of carbonyl (C=O) groups excluding carboxylic acids is 1. The second kappa shape index (κ2) is 6.49. The Kier molecular flexibility index (Phi) is 4.40. The third-order valence-electron chi connectivity index (χ3n) is 3.86. The van der Waals surface area contributed by atoms with Gasteiger partial charge in [-0.15, -0.1) is 0 Å². The molecule has 1 aromatic carbocycles. The van der Waals surface area contributed by atoms with Gasteiger partial charge in [-0.25, -0.2) is 4.68 Å². The van der Waals surface area contributed by atoms with Crippen molar-refractivity contribution in [2.24, 2.45) is 0 Å². The van der Waals surface area contributed by atoms with Crippen LogP contribution < -0.4 is 5.32 Å². The van der Waals surface area contributed by atoms with Crippen LogP contribution in [0.4, 0.5) is 5.82 Å². The number of rotatable bonds is 4. The van der Waals surface area contributed by atoms with Crippen molar-refractivity contribution in [3.05, 3.63) is 58.6 Å². The average Bonchev–Trinajstić information content (AvgIpc) is 3.13. The maximum Gasteiger partial charge on any atom is 0.232 e. The largest absolute Gasteiger partial charge is 0.361 e. The van der Waals surface area contributed by atoms with Crippen LogP contribution in [0, 0.1) is 13.8 Å². The lowest BCUT2D eigenvalue weighted by molar-refractivity contribution is -0.117. The Bertz CT molecular complexity index is 865. The zero-order valence-electron chi connectivity index (χ0n) is 13.6. The molecule has 0 aliphatic rings. The molecule has 124 valence electrons. The Morgan fingerprint density at radius 3 is 2.79 bits per heavy atom. The number of halogens is 1. The summed E-state index contributed by atoms with van der Waals surface area (Å²) in [5.74, 6) is 0.673. The number of hydrogen-bond acceptors (Lipinski definition) is 4. The maximum atomic E-state index is 12.6. The summed E-state index contributed by atoms with van der Waals surface area (Å²) in [7, 11) is 0. The number of nitrogens with zero attached hydrogens (tertiary/aromatic N) is 3. The Morgan fingerprint density at radius 1 is 1.33 bits per heavy atom. The molecule has 1 amide bonds. The molecule has 1 atom stereocenters. The van der Waals surface area contributed by atoms with Crippen LogP contribution in [0.5, 0.6) is 0 Å². The van der Waals surface area contributed by atoms with Crippen molar-refractivity contribution in [2.45, 2.75) is 26.7 Å². The molecule has 3 rings (SSSR count). The predicted octanol–water partition coefficient (Wildman–Crippen LogP) is 3.87. The molecule has 0 aliphatic carbocycles. The topological polar surface area (TPSA) is 73.0 Å². The molecule has 24 heavy (non-hydrogen) atoms. The lowest BCUT2D eigenvalue weighted by Gasteiger charge is -2.13. The van der Waals surface area contributed by atoms with Crippen molar-refractivity contribution in [1.82, 2.24) is 14.9 Å². The second-order valence-electron chi connectivity index (χ2n) is 5.56. The molecule has 2 aromatic heterocycles. The highest BCUT2D eigenvalue weighted by Gasteiger charge is 2.23. The van der Waals surface area contributed by atoms with E-state index in [2.05, 4.69) is 15.6 Å². The molecule has 0 fully saturated rings. The third kappa shape index (κ3) is 3.05. The zero-order valence-corrected chi connectivity index (χ0v) is 14.3. The SMILES string of the molecule is Cc1noc(C)c1C(C)C(=O)Nc1ccnn1-c1cccc(Cl)c1. The Balaban J connectivity index is 1.85. The van der Waals surface area contributed by atoms with E-state index in [1.54, 1.807) is 36.0 Å². The van der Waals surface area contributed by atoms with E-state index >= 15 is 0 Å². The first-order chi connectivity index (χ1) is 11.5. The molecular formula is C17H17ClN4O2. The first kappa shape index (κ1) is 16.3. The molecule has 3 aromatic rings. The molecule has 1 unspecified atom stereocenters. The number of benzene rings is 1. The van der Waals surface area contributed by atoms with Crippen molar-refractivity contribution in [2.75, 3.05) is 5.32 Å². The van der Waals surface area contributed by atoms with Crippen LogP contribution >= 0.6 is 11.6 Å². The van der Waals surface area contributed by atoms with E-state index in [9.17, 15) is 4.79 Å². The van der Waals surface area contributed by atoms with Gasteiger partial charge in [-0.3, -0.25) is 4.79 Å². The Labute approximate surface area is 144 Å². The number of aromatic nitrogens is 3. The van der Waals surface area contributed by atoms with Crippen LogP contribution in [0.25, 0.3) is 5.69 Å². The van der Waals surface area contributed by atoms with Crippen LogP contribution in [-0.2, 0) is 4.79 Å². The van der Waals surface area contributed by atoms with Gasteiger partial charge in [0.2, 0.25) is 5.91 Å². The minimum absolute atomic E-state index is 0.159. The van der Waals surface area contributed by atoms with Crippen LogP contribution in [0.3, 0.4) is 0 Å². The maximum absolute atomic E-state index is 12.6. The van der Waals surface area contributed by atoms with Crippen LogP contribution in [-0.4, -0.2) is 20.8 Å². The fourth-order valence-electron chi connectivity index (χ4n) is 2.69. The molecule has 7 heteroatoms. The Hall–Kier alpha value is -2.60. The van der Waals surface area contributed by atoms with Crippen LogP contribution in [0.15, 0.2) is 41.1 Å². The molecule has 0 spiro atoms. The molecule has 0 saturated carbocycles. The minimum Gasteiger partial charge on any atom is -0.361 e. The van der Waals surface area contributed by atoms with Crippen LogP contribution in [0.2, 0.25) is 5.02 Å².